The molecular weight excluding hydrogens is 237 g/mol. The molecule has 0 bridgehead atoms. The zero-order valence-electron chi connectivity index (χ0n) is 8.66. The van der Waals surface area contributed by atoms with Crippen molar-refractivity contribution in [3.8, 4) is 0 Å². The Kier molecular flexibility index (Phi) is 5.53. The molecule has 0 saturated carbocycles. The van der Waals surface area contributed by atoms with Crippen LogP contribution in [0.15, 0.2) is 12.7 Å². The van der Waals surface area contributed by atoms with Gasteiger partial charge in [0.2, 0.25) is 0 Å². The van der Waals surface area contributed by atoms with Crippen LogP contribution in [0.25, 0.3) is 0 Å². The number of ketones is 1. The SMILES string of the molecule is C=CC(NC(CC(C)=O)C(=O)O)P(=O)(O)O. The first kappa shape index (κ1) is 15.0. The lowest BCUT2D eigenvalue weighted by Gasteiger charge is -2.20. The summed E-state index contributed by atoms with van der Waals surface area (Å²) in [7, 11) is -4.52. The molecular formula is C8H14NO6P. The number of hydrogen-bond donors (Lipinski definition) is 4. The van der Waals surface area contributed by atoms with Crippen molar-refractivity contribution in [2.45, 2.75) is 25.2 Å². The Morgan fingerprint density at radius 3 is 2.25 bits per heavy atom. The number of carboxylic acid groups (broad SMARTS) is 1. The first-order valence-electron chi connectivity index (χ1n) is 4.34. The summed E-state index contributed by atoms with van der Waals surface area (Å²) in [6.45, 7) is 4.38. The van der Waals surface area contributed by atoms with Crippen molar-refractivity contribution >= 4 is 19.3 Å². The zero-order chi connectivity index (χ0) is 12.9. The van der Waals surface area contributed by atoms with Crippen LogP contribution < -0.4 is 5.32 Å². The largest absolute Gasteiger partial charge is 0.480 e. The highest BCUT2D eigenvalue weighted by atomic mass is 31.2. The van der Waals surface area contributed by atoms with Crippen LogP contribution in [-0.4, -0.2) is 38.5 Å². The number of carbonyl (C=O) groups excluding carboxylic acids is 1. The average molecular weight is 251 g/mol. The van der Waals surface area contributed by atoms with Crippen LogP contribution in [0, 0.1) is 0 Å². The normalized spacial score (nSPS) is 15.2. The number of hydrogen-bond acceptors (Lipinski definition) is 4. The van der Waals surface area contributed by atoms with E-state index in [0.29, 0.717) is 0 Å². The molecule has 0 aromatic carbocycles. The van der Waals surface area contributed by atoms with Crippen molar-refractivity contribution < 1.29 is 29.0 Å². The van der Waals surface area contributed by atoms with Gasteiger partial charge < -0.3 is 14.9 Å². The van der Waals surface area contributed by atoms with Gasteiger partial charge in [0.1, 0.15) is 17.6 Å². The van der Waals surface area contributed by atoms with Crippen molar-refractivity contribution in [2.24, 2.45) is 0 Å². The number of rotatable bonds is 7. The molecule has 2 atom stereocenters. The minimum Gasteiger partial charge on any atom is -0.480 e. The fourth-order valence-corrected chi connectivity index (χ4v) is 1.66. The summed E-state index contributed by atoms with van der Waals surface area (Å²) in [6.07, 6.45) is 0.566. The van der Waals surface area contributed by atoms with Gasteiger partial charge in [-0.05, 0) is 6.92 Å². The van der Waals surface area contributed by atoms with Crippen LogP contribution in [0.4, 0.5) is 0 Å². The smallest absolute Gasteiger partial charge is 0.346 e. The monoisotopic (exact) mass is 251 g/mol. The van der Waals surface area contributed by atoms with E-state index in [1.54, 1.807) is 0 Å². The number of Topliss-reactive ketones (excluding diaryl/α,β-unsaturated/α-hetero) is 1. The first-order chi connectivity index (χ1) is 7.18. The Hall–Kier alpha value is -1.01. The Morgan fingerprint density at radius 1 is 1.50 bits per heavy atom. The Morgan fingerprint density at radius 2 is 2.00 bits per heavy atom. The molecule has 7 nitrogen and oxygen atoms in total. The summed E-state index contributed by atoms with van der Waals surface area (Å²) < 4.78 is 10.9. The van der Waals surface area contributed by atoms with E-state index in [4.69, 9.17) is 14.9 Å². The number of aliphatic carboxylic acids is 1. The van der Waals surface area contributed by atoms with Gasteiger partial charge in [0.15, 0.2) is 0 Å². The van der Waals surface area contributed by atoms with E-state index in [9.17, 15) is 14.2 Å². The van der Waals surface area contributed by atoms with Crippen molar-refractivity contribution in [3.05, 3.63) is 12.7 Å². The predicted molar refractivity (Wildman–Crippen MR) is 55.9 cm³/mol. The number of nitrogens with one attached hydrogen (secondary N) is 1. The quantitative estimate of drug-likeness (QED) is 0.361. The van der Waals surface area contributed by atoms with Gasteiger partial charge in [-0.25, -0.2) is 0 Å². The molecule has 0 aliphatic carbocycles. The van der Waals surface area contributed by atoms with Gasteiger partial charge in [-0.3, -0.25) is 19.5 Å². The molecule has 16 heavy (non-hydrogen) atoms. The number of carboxylic acids is 1. The second kappa shape index (κ2) is 5.91. The third-order valence-corrected chi connectivity index (χ3v) is 2.83. The maximum absolute atomic E-state index is 10.9. The molecule has 0 saturated heterocycles. The predicted octanol–water partition coefficient (Wildman–Crippen LogP) is -0.302. The molecule has 0 heterocycles. The van der Waals surface area contributed by atoms with Gasteiger partial charge in [0.25, 0.3) is 0 Å². The maximum atomic E-state index is 10.9. The highest BCUT2D eigenvalue weighted by molar-refractivity contribution is 7.52. The Labute approximate surface area is 92.3 Å². The van der Waals surface area contributed by atoms with Gasteiger partial charge >= 0.3 is 13.6 Å². The Balaban J connectivity index is 4.73. The highest BCUT2D eigenvalue weighted by Crippen LogP contribution is 2.40. The third-order valence-electron chi connectivity index (χ3n) is 1.75. The molecule has 0 aliphatic rings. The van der Waals surface area contributed by atoms with E-state index in [2.05, 4.69) is 11.9 Å². The van der Waals surface area contributed by atoms with Gasteiger partial charge in [0.05, 0.1) is 0 Å². The lowest BCUT2D eigenvalue weighted by molar-refractivity contribution is -0.141. The standard InChI is InChI=1S/C8H14NO6P/c1-3-7(16(13,14)15)9-6(8(11)12)4-5(2)10/h3,6-7,9H,1,4H2,2H3,(H,11,12)(H2,13,14,15). The Bertz CT molecular complexity index is 335. The second-order valence-electron chi connectivity index (χ2n) is 3.23. The van der Waals surface area contributed by atoms with Gasteiger partial charge in [0, 0.05) is 6.42 Å². The van der Waals surface area contributed by atoms with Crippen molar-refractivity contribution in [3.63, 3.8) is 0 Å². The molecule has 0 amide bonds. The molecule has 0 radical (unpaired) electrons. The van der Waals surface area contributed by atoms with Crippen molar-refractivity contribution in [2.75, 3.05) is 0 Å². The summed E-state index contributed by atoms with van der Waals surface area (Å²) in [5.41, 5.74) is 0. The van der Waals surface area contributed by atoms with Crippen LogP contribution in [0.1, 0.15) is 13.3 Å². The summed E-state index contributed by atoms with van der Waals surface area (Å²) in [5.74, 6) is -3.23. The molecule has 92 valence electrons. The third kappa shape index (κ3) is 5.18. The van der Waals surface area contributed by atoms with Crippen molar-refractivity contribution in [1.29, 1.82) is 0 Å². The minimum atomic E-state index is -4.52. The first-order valence-corrected chi connectivity index (χ1v) is 6.02. The molecule has 0 fully saturated rings. The highest BCUT2D eigenvalue weighted by Gasteiger charge is 2.31. The molecule has 0 aromatic heterocycles. The fourth-order valence-electron chi connectivity index (χ4n) is 1.01. The van der Waals surface area contributed by atoms with E-state index in [1.165, 1.54) is 6.92 Å². The van der Waals surface area contributed by atoms with Gasteiger partial charge in [-0.1, -0.05) is 6.08 Å². The van der Waals surface area contributed by atoms with Crippen LogP contribution >= 0.6 is 7.60 Å². The molecule has 0 aromatic rings. The topological polar surface area (TPSA) is 124 Å². The molecule has 8 heteroatoms. The van der Waals surface area contributed by atoms with Crippen LogP contribution in [-0.2, 0) is 14.2 Å². The lowest BCUT2D eigenvalue weighted by atomic mass is 10.1. The maximum Gasteiger partial charge on any atom is 0.346 e. The average Bonchev–Trinajstić information content (AvgIpc) is 2.08. The lowest BCUT2D eigenvalue weighted by Crippen LogP contribution is -2.43. The molecule has 0 rings (SSSR count). The van der Waals surface area contributed by atoms with Gasteiger partial charge in [-0.15, -0.1) is 6.58 Å². The number of carbonyl (C=O) groups is 2. The van der Waals surface area contributed by atoms with Crippen LogP contribution in [0.3, 0.4) is 0 Å². The molecule has 2 unspecified atom stereocenters. The summed E-state index contributed by atoms with van der Waals surface area (Å²) in [4.78, 5) is 39.1. The second-order valence-corrected chi connectivity index (χ2v) is 4.97. The molecule has 0 aliphatic heterocycles. The van der Waals surface area contributed by atoms with Crippen LogP contribution in [0.5, 0.6) is 0 Å². The summed E-state index contributed by atoms with van der Waals surface area (Å²) >= 11 is 0. The van der Waals surface area contributed by atoms with Crippen LogP contribution in [0.2, 0.25) is 0 Å². The molecule has 0 spiro atoms. The van der Waals surface area contributed by atoms with E-state index >= 15 is 0 Å². The van der Waals surface area contributed by atoms with E-state index in [1.807, 2.05) is 0 Å². The van der Waals surface area contributed by atoms with E-state index < -0.39 is 31.2 Å². The fraction of sp³-hybridized carbons (Fsp3) is 0.500. The van der Waals surface area contributed by atoms with Gasteiger partial charge in [-0.2, -0.15) is 0 Å². The summed E-state index contributed by atoms with van der Waals surface area (Å²) in [5, 5.41) is 10.9. The minimum absolute atomic E-state index is 0.348. The van der Waals surface area contributed by atoms with E-state index in [0.717, 1.165) is 6.08 Å². The van der Waals surface area contributed by atoms with E-state index in [-0.39, 0.29) is 6.42 Å². The summed E-state index contributed by atoms with van der Waals surface area (Å²) in [6, 6.07) is -1.34. The van der Waals surface area contributed by atoms with Crippen molar-refractivity contribution in [1.82, 2.24) is 5.32 Å². The molecule has 4 N–H and O–H groups in total. The zero-order valence-corrected chi connectivity index (χ0v) is 9.55.